The van der Waals surface area contributed by atoms with E-state index in [9.17, 15) is 0 Å². The van der Waals surface area contributed by atoms with Gasteiger partial charge in [0.05, 0.1) is 22.2 Å². The molecule has 3 aromatic heterocycles. The second-order valence-corrected chi connectivity index (χ2v) is 4.66. The van der Waals surface area contributed by atoms with E-state index >= 15 is 0 Å². The minimum Gasteiger partial charge on any atom is -0.261 e. The molecular weight excluding hydrogens is 244 g/mol. The van der Waals surface area contributed by atoms with Crippen molar-refractivity contribution in [2.24, 2.45) is 0 Å². The van der Waals surface area contributed by atoms with Gasteiger partial charge in [0.25, 0.3) is 0 Å². The molecule has 0 saturated heterocycles. The Labute approximate surface area is 100 Å². The minimum atomic E-state index is 0.236. The minimum absolute atomic E-state index is 0.236. The van der Waals surface area contributed by atoms with Crippen LogP contribution < -0.4 is 0 Å². The molecule has 0 aliphatic heterocycles. The summed E-state index contributed by atoms with van der Waals surface area (Å²) in [5.41, 5.74) is 2.70. The summed E-state index contributed by atoms with van der Waals surface area (Å²) < 4.78 is 0. The molecule has 0 aliphatic carbocycles. The quantitative estimate of drug-likeness (QED) is 0.676. The molecule has 3 heterocycles. The largest absolute Gasteiger partial charge is 0.261 e. The summed E-state index contributed by atoms with van der Waals surface area (Å²) in [5.74, 6) is 0. The highest BCUT2D eigenvalue weighted by Gasteiger charge is 2.13. The maximum Gasteiger partial charge on any atom is 0.225 e. The van der Waals surface area contributed by atoms with Crippen molar-refractivity contribution >= 4 is 34.0 Å². The van der Waals surface area contributed by atoms with E-state index in [4.69, 9.17) is 11.6 Å². The lowest BCUT2D eigenvalue weighted by molar-refractivity contribution is 1.09. The zero-order valence-corrected chi connectivity index (χ0v) is 9.93. The lowest BCUT2D eigenvalue weighted by Crippen LogP contribution is -1.89. The number of hydrogen-bond acceptors (Lipinski definition) is 4. The maximum atomic E-state index is 5.88. The van der Waals surface area contributed by atoms with Crippen molar-refractivity contribution < 1.29 is 0 Å². The molecule has 0 saturated carbocycles. The van der Waals surface area contributed by atoms with E-state index in [0.717, 1.165) is 16.0 Å². The lowest BCUT2D eigenvalue weighted by atomic mass is 10.2. The van der Waals surface area contributed by atoms with Crippen molar-refractivity contribution in [3.05, 3.63) is 28.5 Å². The molecule has 80 valence electrons. The molecule has 4 nitrogen and oxygen atoms in total. The molecule has 3 aromatic rings. The van der Waals surface area contributed by atoms with Crippen molar-refractivity contribution in [3.63, 3.8) is 0 Å². The van der Waals surface area contributed by atoms with Crippen LogP contribution in [-0.4, -0.2) is 20.2 Å². The zero-order chi connectivity index (χ0) is 11.1. The molecule has 0 aliphatic rings. The molecule has 0 bridgehead atoms. The van der Waals surface area contributed by atoms with Gasteiger partial charge in [-0.25, -0.2) is 4.98 Å². The SMILES string of the molecule is Cc1ccsc1-c1nc(Cl)nc2[nH]ncc12. The van der Waals surface area contributed by atoms with Gasteiger partial charge in [-0.3, -0.25) is 5.10 Å². The number of aromatic nitrogens is 4. The second-order valence-electron chi connectivity index (χ2n) is 3.41. The standard InChI is InChI=1S/C10H7ClN4S/c1-5-2-3-16-8(5)7-6-4-12-15-9(6)14-10(11)13-7/h2-4H,1H3,(H,12,13,14,15). The summed E-state index contributed by atoms with van der Waals surface area (Å²) in [7, 11) is 0. The van der Waals surface area contributed by atoms with Crippen LogP contribution >= 0.6 is 22.9 Å². The first kappa shape index (κ1) is 9.74. The van der Waals surface area contributed by atoms with Gasteiger partial charge in [0.2, 0.25) is 5.28 Å². The van der Waals surface area contributed by atoms with Gasteiger partial charge >= 0.3 is 0 Å². The third kappa shape index (κ3) is 1.40. The summed E-state index contributed by atoms with van der Waals surface area (Å²) in [6, 6.07) is 2.06. The number of hydrogen-bond donors (Lipinski definition) is 1. The molecule has 6 heteroatoms. The van der Waals surface area contributed by atoms with Gasteiger partial charge in [0.15, 0.2) is 5.65 Å². The van der Waals surface area contributed by atoms with E-state index in [1.54, 1.807) is 17.5 Å². The highest BCUT2D eigenvalue weighted by atomic mass is 35.5. The van der Waals surface area contributed by atoms with E-state index < -0.39 is 0 Å². The number of aromatic amines is 1. The lowest BCUT2D eigenvalue weighted by Gasteiger charge is -2.01. The van der Waals surface area contributed by atoms with Gasteiger partial charge in [-0.1, -0.05) is 0 Å². The summed E-state index contributed by atoms with van der Waals surface area (Å²) in [6.07, 6.45) is 1.72. The van der Waals surface area contributed by atoms with Gasteiger partial charge in [-0.2, -0.15) is 10.1 Å². The molecule has 0 fully saturated rings. The average molecular weight is 251 g/mol. The van der Waals surface area contributed by atoms with Gasteiger partial charge in [0.1, 0.15) is 0 Å². The number of H-pyrrole nitrogens is 1. The first-order valence-electron chi connectivity index (χ1n) is 4.67. The van der Waals surface area contributed by atoms with Crippen LogP contribution in [0.3, 0.4) is 0 Å². The number of fused-ring (bicyclic) bond motifs is 1. The maximum absolute atomic E-state index is 5.88. The fraction of sp³-hybridized carbons (Fsp3) is 0.100. The Kier molecular flexibility index (Phi) is 2.15. The van der Waals surface area contributed by atoms with Crippen molar-refractivity contribution in [1.29, 1.82) is 0 Å². The van der Waals surface area contributed by atoms with Gasteiger partial charge in [0, 0.05) is 0 Å². The monoisotopic (exact) mass is 250 g/mol. The third-order valence-electron chi connectivity index (χ3n) is 2.36. The van der Waals surface area contributed by atoms with Gasteiger partial charge < -0.3 is 0 Å². The van der Waals surface area contributed by atoms with Crippen LogP contribution in [0.2, 0.25) is 5.28 Å². The van der Waals surface area contributed by atoms with Gasteiger partial charge in [-0.15, -0.1) is 11.3 Å². The Balaban J connectivity index is 2.38. The van der Waals surface area contributed by atoms with E-state index in [1.165, 1.54) is 5.56 Å². The zero-order valence-electron chi connectivity index (χ0n) is 8.36. The molecule has 0 radical (unpaired) electrons. The highest BCUT2D eigenvalue weighted by molar-refractivity contribution is 7.13. The Morgan fingerprint density at radius 1 is 1.38 bits per heavy atom. The molecular formula is C10H7ClN4S. The molecule has 0 aromatic carbocycles. The molecule has 0 atom stereocenters. The molecule has 0 spiro atoms. The molecule has 1 N–H and O–H groups in total. The second kappa shape index (κ2) is 3.54. The topological polar surface area (TPSA) is 54.5 Å². The van der Waals surface area contributed by atoms with Crippen molar-refractivity contribution in [1.82, 2.24) is 20.2 Å². The smallest absolute Gasteiger partial charge is 0.225 e. The van der Waals surface area contributed by atoms with Crippen LogP contribution in [0.25, 0.3) is 21.6 Å². The van der Waals surface area contributed by atoms with Gasteiger partial charge in [-0.05, 0) is 35.5 Å². The fourth-order valence-corrected chi connectivity index (χ4v) is 2.69. The van der Waals surface area contributed by atoms with Crippen molar-refractivity contribution in [2.75, 3.05) is 0 Å². The number of nitrogens with one attached hydrogen (secondary N) is 1. The summed E-state index contributed by atoms with van der Waals surface area (Å²) >= 11 is 7.52. The van der Waals surface area contributed by atoms with Crippen LogP contribution in [0.4, 0.5) is 0 Å². The van der Waals surface area contributed by atoms with E-state index in [0.29, 0.717) is 5.65 Å². The van der Waals surface area contributed by atoms with E-state index in [2.05, 4.69) is 26.2 Å². The van der Waals surface area contributed by atoms with E-state index in [-0.39, 0.29) is 5.28 Å². The number of thiophene rings is 1. The van der Waals surface area contributed by atoms with Crippen molar-refractivity contribution in [3.8, 4) is 10.6 Å². The predicted molar refractivity (Wildman–Crippen MR) is 64.7 cm³/mol. The summed E-state index contributed by atoms with van der Waals surface area (Å²) in [5, 5.41) is 9.93. The Morgan fingerprint density at radius 3 is 3.00 bits per heavy atom. The van der Waals surface area contributed by atoms with E-state index in [1.807, 2.05) is 12.3 Å². The van der Waals surface area contributed by atoms with Crippen LogP contribution in [-0.2, 0) is 0 Å². The Hall–Kier alpha value is -1.46. The van der Waals surface area contributed by atoms with Crippen LogP contribution in [0.5, 0.6) is 0 Å². The van der Waals surface area contributed by atoms with Crippen molar-refractivity contribution in [2.45, 2.75) is 6.92 Å². The van der Waals surface area contributed by atoms with Crippen LogP contribution in [0.15, 0.2) is 17.6 Å². The first-order valence-corrected chi connectivity index (χ1v) is 5.92. The molecule has 0 unspecified atom stereocenters. The summed E-state index contributed by atoms with van der Waals surface area (Å²) in [6.45, 7) is 2.05. The Morgan fingerprint density at radius 2 is 2.25 bits per heavy atom. The predicted octanol–water partition coefficient (Wildman–Crippen LogP) is 3.04. The van der Waals surface area contributed by atoms with Crippen LogP contribution in [0, 0.1) is 6.92 Å². The normalized spacial score (nSPS) is 11.1. The number of rotatable bonds is 1. The molecule has 3 rings (SSSR count). The Bertz CT molecular complexity index is 658. The number of aryl methyl sites for hydroxylation is 1. The third-order valence-corrected chi connectivity index (χ3v) is 3.55. The fourth-order valence-electron chi connectivity index (χ4n) is 1.60. The molecule has 0 amide bonds. The summed E-state index contributed by atoms with van der Waals surface area (Å²) in [4.78, 5) is 9.47. The molecule has 16 heavy (non-hydrogen) atoms. The highest BCUT2D eigenvalue weighted by Crippen LogP contribution is 2.32. The first-order chi connectivity index (χ1) is 7.75. The van der Waals surface area contributed by atoms with Crippen LogP contribution in [0.1, 0.15) is 5.56 Å². The average Bonchev–Trinajstić information content (AvgIpc) is 2.84. The number of nitrogens with zero attached hydrogens (tertiary/aromatic N) is 3. The number of halogens is 1.